The van der Waals surface area contributed by atoms with E-state index in [4.69, 9.17) is 11.6 Å². The van der Waals surface area contributed by atoms with Gasteiger partial charge in [-0.3, -0.25) is 4.40 Å². The molecule has 4 nitrogen and oxygen atoms in total. The first kappa shape index (κ1) is 10.5. The molecule has 2 heterocycles. The van der Waals surface area contributed by atoms with E-state index >= 15 is 0 Å². The molecule has 0 aliphatic carbocycles. The summed E-state index contributed by atoms with van der Waals surface area (Å²) in [5.74, 6) is 1.09. The second-order valence-electron chi connectivity index (χ2n) is 4.27. The van der Waals surface area contributed by atoms with Crippen LogP contribution >= 0.6 is 11.6 Å². The lowest BCUT2D eigenvalue weighted by Crippen LogP contribution is -2.00. The van der Waals surface area contributed by atoms with Crippen LogP contribution in [0.5, 0.6) is 0 Å². The van der Waals surface area contributed by atoms with Gasteiger partial charge < -0.3 is 0 Å². The monoisotopic (exact) mass is 246 g/mol. The largest absolute Gasteiger partial charge is 0.252 e. The Hall–Kier alpha value is -1.68. The van der Waals surface area contributed by atoms with Gasteiger partial charge in [0.15, 0.2) is 5.65 Å². The van der Waals surface area contributed by atoms with Crippen LogP contribution in [-0.4, -0.2) is 19.6 Å². The molecule has 0 atom stereocenters. The van der Waals surface area contributed by atoms with Gasteiger partial charge in [-0.2, -0.15) is 0 Å². The van der Waals surface area contributed by atoms with E-state index in [-0.39, 0.29) is 5.92 Å². The molecule has 0 fully saturated rings. The molecule has 0 aliphatic rings. The highest BCUT2D eigenvalue weighted by Crippen LogP contribution is 2.24. The van der Waals surface area contributed by atoms with Gasteiger partial charge in [0.25, 0.3) is 0 Å². The van der Waals surface area contributed by atoms with E-state index < -0.39 is 0 Å². The van der Waals surface area contributed by atoms with Gasteiger partial charge in [-0.15, -0.1) is 10.2 Å². The van der Waals surface area contributed by atoms with Crippen molar-refractivity contribution in [2.45, 2.75) is 19.8 Å². The maximum atomic E-state index is 6.20. The molecule has 0 saturated carbocycles. The summed E-state index contributed by atoms with van der Waals surface area (Å²) in [6, 6.07) is 7.79. The zero-order valence-electron chi connectivity index (χ0n) is 9.55. The summed E-state index contributed by atoms with van der Waals surface area (Å²) in [4.78, 5) is 4.37. The first-order chi connectivity index (χ1) is 8.18. The molecule has 3 aromatic rings. The third kappa shape index (κ3) is 1.48. The Labute approximate surface area is 103 Å². The molecular weight excluding hydrogens is 236 g/mol. The topological polar surface area (TPSA) is 43.1 Å². The summed E-state index contributed by atoms with van der Waals surface area (Å²) in [6.07, 6.45) is 0. The summed E-state index contributed by atoms with van der Waals surface area (Å²) in [7, 11) is 0. The van der Waals surface area contributed by atoms with Crippen LogP contribution in [-0.2, 0) is 0 Å². The van der Waals surface area contributed by atoms with Gasteiger partial charge in [-0.25, -0.2) is 4.98 Å². The smallest absolute Gasteiger partial charge is 0.210 e. The van der Waals surface area contributed by atoms with Crippen molar-refractivity contribution < 1.29 is 0 Å². The minimum Gasteiger partial charge on any atom is -0.252 e. The number of rotatable bonds is 1. The maximum absolute atomic E-state index is 6.20. The van der Waals surface area contributed by atoms with E-state index in [2.05, 4.69) is 29.0 Å². The van der Waals surface area contributed by atoms with Crippen LogP contribution in [0.15, 0.2) is 24.3 Å². The van der Waals surface area contributed by atoms with E-state index in [0.717, 1.165) is 22.4 Å². The number of fused-ring (bicyclic) bond motifs is 3. The van der Waals surface area contributed by atoms with Crippen LogP contribution in [0.2, 0.25) is 5.28 Å². The molecule has 0 spiro atoms. The first-order valence-electron chi connectivity index (χ1n) is 5.47. The van der Waals surface area contributed by atoms with E-state index in [0.29, 0.717) is 5.28 Å². The predicted molar refractivity (Wildman–Crippen MR) is 67.4 cm³/mol. The molecule has 5 heteroatoms. The van der Waals surface area contributed by atoms with Crippen LogP contribution in [0.3, 0.4) is 0 Å². The highest BCUT2D eigenvalue weighted by atomic mass is 35.5. The Morgan fingerprint density at radius 2 is 1.94 bits per heavy atom. The lowest BCUT2D eigenvalue weighted by molar-refractivity contribution is 0.756. The Bertz CT molecular complexity index is 702. The maximum Gasteiger partial charge on any atom is 0.210 e. The van der Waals surface area contributed by atoms with Gasteiger partial charge in [0.05, 0.1) is 5.52 Å². The number of hydrogen-bond acceptors (Lipinski definition) is 3. The highest BCUT2D eigenvalue weighted by Gasteiger charge is 2.15. The molecule has 86 valence electrons. The summed E-state index contributed by atoms with van der Waals surface area (Å²) in [5, 5.41) is 9.79. The standard InChI is InChI=1S/C12H11ClN4/c1-7(2)10-15-16-11-8-5-3-4-6-9(8)14-12(13)17(10)11/h3-7H,1-2H3. The van der Waals surface area contributed by atoms with Crippen LogP contribution in [0.1, 0.15) is 25.6 Å². The van der Waals surface area contributed by atoms with Crippen molar-refractivity contribution in [3.05, 3.63) is 35.4 Å². The predicted octanol–water partition coefficient (Wildman–Crippen LogP) is 3.05. The van der Waals surface area contributed by atoms with Crippen molar-refractivity contribution in [3.8, 4) is 0 Å². The fourth-order valence-corrected chi connectivity index (χ4v) is 2.19. The highest BCUT2D eigenvalue weighted by molar-refractivity contribution is 6.29. The Morgan fingerprint density at radius 3 is 2.71 bits per heavy atom. The van der Waals surface area contributed by atoms with E-state index in [1.54, 1.807) is 0 Å². The third-order valence-electron chi connectivity index (χ3n) is 2.75. The molecule has 0 bridgehead atoms. The van der Waals surface area contributed by atoms with Crippen LogP contribution < -0.4 is 0 Å². The summed E-state index contributed by atoms with van der Waals surface area (Å²) in [6.45, 7) is 4.12. The average Bonchev–Trinajstić information content (AvgIpc) is 2.74. The van der Waals surface area contributed by atoms with Crippen LogP contribution in [0, 0.1) is 0 Å². The zero-order valence-corrected chi connectivity index (χ0v) is 10.3. The molecule has 3 rings (SSSR count). The minimum absolute atomic E-state index is 0.255. The number of para-hydroxylation sites is 1. The van der Waals surface area contributed by atoms with E-state index in [1.165, 1.54) is 0 Å². The second kappa shape index (κ2) is 3.67. The fraction of sp³-hybridized carbons (Fsp3) is 0.250. The van der Waals surface area contributed by atoms with Gasteiger partial charge >= 0.3 is 0 Å². The molecule has 0 N–H and O–H groups in total. The summed E-state index contributed by atoms with van der Waals surface area (Å²) < 4.78 is 1.81. The molecule has 0 aliphatic heterocycles. The van der Waals surface area contributed by atoms with Crippen molar-refractivity contribution in [1.82, 2.24) is 19.6 Å². The lowest BCUT2D eigenvalue weighted by Gasteiger charge is -2.05. The normalized spacial score (nSPS) is 11.8. The fourth-order valence-electron chi connectivity index (χ4n) is 1.94. The molecule has 17 heavy (non-hydrogen) atoms. The van der Waals surface area contributed by atoms with Crippen molar-refractivity contribution in [3.63, 3.8) is 0 Å². The van der Waals surface area contributed by atoms with Crippen LogP contribution in [0.4, 0.5) is 0 Å². The Balaban J connectivity index is 2.51. The molecule has 0 unspecified atom stereocenters. The SMILES string of the molecule is CC(C)c1nnc2c3ccccc3nc(Cl)n12. The lowest BCUT2D eigenvalue weighted by atomic mass is 10.2. The Morgan fingerprint density at radius 1 is 1.18 bits per heavy atom. The number of aromatic nitrogens is 4. The van der Waals surface area contributed by atoms with Crippen molar-refractivity contribution in [1.29, 1.82) is 0 Å². The molecule has 0 saturated heterocycles. The van der Waals surface area contributed by atoms with Crippen molar-refractivity contribution in [2.75, 3.05) is 0 Å². The quantitative estimate of drug-likeness (QED) is 0.620. The van der Waals surface area contributed by atoms with Gasteiger partial charge in [0, 0.05) is 11.3 Å². The van der Waals surface area contributed by atoms with E-state index in [9.17, 15) is 0 Å². The number of benzene rings is 1. The van der Waals surface area contributed by atoms with Gasteiger partial charge in [-0.1, -0.05) is 26.0 Å². The first-order valence-corrected chi connectivity index (χ1v) is 5.85. The van der Waals surface area contributed by atoms with Crippen molar-refractivity contribution in [2.24, 2.45) is 0 Å². The molecular formula is C12H11ClN4. The Kier molecular flexibility index (Phi) is 2.26. The van der Waals surface area contributed by atoms with E-state index in [1.807, 2.05) is 28.7 Å². The third-order valence-corrected chi connectivity index (χ3v) is 3.00. The number of hydrogen-bond donors (Lipinski definition) is 0. The second-order valence-corrected chi connectivity index (χ2v) is 4.61. The molecule has 0 amide bonds. The van der Waals surface area contributed by atoms with Gasteiger partial charge in [0.2, 0.25) is 5.28 Å². The summed E-state index contributed by atoms with van der Waals surface area (Å²) in [5.41, 5.74) is 1.61. The molecule has 2 aromatic heterocycles. The average molecular weight is 247 g/mol. The summed E-state index contributed by atoms with van der Waals surface area (Å²) >= 11 is 6.20. The van der Waals surface area contributed by atoms with Gasteiger partial charge in [-0.05, 0) is 23.7 Å². The molecule has 0 radical (unpaired) electrons. The van der Waals surface area contributed by atoms with Crippen molar-refractivity contribution >= 4 is 28.2 Å². The zero-order chi connectivity index (χ0) is 12.0. The molecule has 1 aromatic carbocycles. The number of halogens is 1. The van der Waals surface area contributed by atoms with Crippen LogP contribution in [0.25, 0.3) is 16.6 Å². The number of nitrogens with zero attached hydrogens (tertiary/aromatic N) is 4. The van der Waals surface area contributed by atoms with Gasteiger partial charge in [0.1, 0.15) is 5.82 Å². The minimum atomic E-state index is 0.255.